The number of imidazole rings is 1. The number of rotatable bonds is 3. The number of hydrogen-bond donors (Lipinski definition) is 4. The Morgan fingerprint density at radius 1 is 1.23 bits per heavy atom. The maximum atomic E-state index is 14.7. The van der Waals surface area contributed by atoms with Crippen LogP contribution >= 0.6 is 11.6 Å². The number of urea groups is 1. The number of anilines is 2. The van der Waals surface area contributed by atoms with Crippen molar-refractivity contribution in [2.45, 2.75) is 37.8 Å². The molecule has 5 rings (SSSR count). The quantitative estimate of drug-likeness (QED) is 0.213. The highest BCUT2D eigenvalue weighted by atomic mass is 35.5. The molecule has 2 aromatic carbocycles. The number of amides is 4. The lowest BCUT2D eigenvalue weighted by molar-refractivity contribution is -0.116. The second kappa shape index (κ2) is 12.5. The van der Waals surface area contributed by atoms with Crippen molar-refractivity contribution in [1.29, 1.82) is 5.26 Å². The van der Waals surface area contributed by atoms with Crippen LogP contribution in [-0.4, -0.2) is 46.6 Å². The van der Waals surface area contributed by atoms with Gasteiger partial charge in [-0.3, -0.25) is 10.1 Å². The van der Waals surface area contributed by atoms with Crippen molar-refractivity contribution in [3.8, 4) is 17.3 Å². The molecule has 1 saturated heterocycles. The highest BCUT2D eigenvalue weighted by Gasteiger charge is 2.36. The highest BCUT2D eigenvalue weighted by molar-refractivity contribution is 6.30. The van der Waals surface area contributed by atoms with Gasteiger partial charge in [-0.1, -0.05) is 23.8 Å². The fourth-order valence-electron chi connectivity index (χ4n) is 5.14. The van der Waals surface area contributed by atoms with Crippen LogP contribution in [0.25, 0.3) is 11.3 Å². The molecule has 3 aromatic rings. The van der Waals surface area contributed by atoms with Gasteiger partial charge in [-0.2, -0.15) is 5.26 Å². The molecule has 0 unspecified atom stereocenters. The second-order valence-corrected chi connectivity index (χ2v) is 10.3. The number of nitrogens with zero attached hydrogens (tertiary/aromatic N) is 3. The van der Waals surface area contributed by atoms with Crippen LogP contribution in [0.3, 0.4) is 0 Å². The van der Waals surface area contributed by atoms with Crippen LogP contribution in [0.1, 0.15) is 54.8 Å². The van der Waals surface area contributed by atoms with Crippen molar-refractivity contribution >= 4 is 41.0 Å². The van der Waals surface area contributed by atoms with E-state index in [1.165, 1.54) is 18.1 Å². The minimum absolute atomic E-state index is 0.0172. The summed E-state index contributed by atoms with van der Waals surface area (Å²) in [6.45, 7) is 0.123. The summed E-state index contributed by atoms with van der Waals surface area (Å²) < 4.78 is 33.9. The molecule has 1 fully saturated rings. The van der Waals surface area contributed by atoms with Gasteiger partial charge in [-0.25, -0.2) is 23.4 Å². The predicted molar refractivity (Wildman–Crippen MR) is 153 cm³/mol. The number of fused-ring (bicyclic) bond motifs is 4. The molecule has 0 saturated carbocycles. The van der Waals surface area contributed by atoms with Crippen molar-refractivity contribution in [2.75, 3.05) is 24.3 Å². The lowest BCUT2D eigenvalue weighted by atomic mass is 9.99. The zero-order valence-electron chi connectivity index (χ0n) is 22.8. The minimum Gasteiger partial charge on any atom is -0.453 e. The summed E-state index contributed by atoms with van der Waals surface area (Å²) in [5.74, 6) is -1.73. The fourth-order valence-corrected chi connectivity index (χ4v) is 5.31. The molecule has 11 nitrogen and oxygen atoms in total. The number of allylic oxidation sites excluding steroid dienone is 1. The number of halogens is 3. The third-order valence-corrected chi connectivity index (χ3v) is 7.52. The van der Waals surface area contributed by atoms with E-state index < -0.39 is 35.8 Å². The average molecular weight is 610 g/mol. The van der Waals surface area contributed by atoms with Crippen molar-refractivity contribution in [2.24, 2.45) is 0 Å². The molecule has 14 heteroatoms. The minimum atomic E-state index is -0.939. The molecule has 0 radical (unpaired) electrons. The molecule has 2 atom stereocenters. The molecular weight excluding hydrogens is 584 g/mol. The van der Waals surface area contributed by atoms with Gasteiger partial charge in [0.15, 0.2) is 5.69 Å². The van der Waals surface area contributed by atoms with E-state index in [1.807, 2.05) is 6.08 Å². The number of H-pyrrole nitrogens is 1. The zero-order valence-corrected chi connectivity index (χ0v) is 23.6. The van der Waals surface area contributed by atoms with Crippen LogP contribution in [0.4, 0.5) is 29.7 Å². The van der Waals surface area contributed by atoms with Crippen LogP contribution in [-0.2, 0) is 9.53 Å². The van der Waals surface area contributed by atoms with Crippen molar-refractivity contribution in [3.63, 3.8) is 0 Å². The van der Waals surface area contributed by atoms with Gasteiger partial charge in [0.2, 0.25) is 5.91 Å². The first-order valence-corrected chi connectivity index (χ1v) is 13.7. The number of aromatic nitrogens is 2. The monoisotopic (exact) mass is 609 g/mol. The van der Waals surface area contributed by atoms with E-state index >= 15 is 0 Å². The third-order valence-electron chi connectivity index (χ3n) is 7.22. The average Bonchev–Trinajstić information content (AvgIpc) is 3.41. The fraction of sp³-hybridized carbons (Fsp3) is 0.276. The van der Waals surface area contributed by atoms with E-state index in [0.717, 1.165) is 12.1 Å². The van der Waals surface area contributed by atoms with E-state index in [9.17, 15) is 28.4 Å². The first-order valence-electron chi connectivity index (χ1n) is 13.3. The summed E-state index contributed by atoms with van der Waals surface area (Å²) >= 11 is 5.87. The Labute approximate surface area is 249 Å². The Bertz CT molecular complexity index is 1670. The molecule has 1 aromatic heterocycles. The maximum Gasteiger partial charge on any atom is 0.411 e. The smallest absolute Gasteiger partial charge is 0.411 e. The molecule has 43 heavy (non-hydrogen) atoms. The molecule has 222 valence electrons. The number of hydrogen-bond acceptors (Lipinski definition) is 6. The molecule has 2 aliphatic rings. The Hall–Kier alpha value is -4.96. The van der Waals surface area contributed by atoms with Gasteiger partial charge in [-0.15, -0.1) is 0 Å². The molecule has 0 spiro atoms. The second-order valence-electron chi connectivity index (χ2n) is 9.89. The van der Waals surface area contributed by atoms with Crippen LogP contribution in [0, 0.1) is 23.0 Å². The Kier molecular flexibility index (Phi) is 8.58. The number of nitrogens with one attached hydrogen (secondary N) is 4. The van der Waals surface area contributed by atoms with Crippen molar-refractivity contribution < 1.29 is 27.9 Å². The van der Waals surface area contributed by atoms with Crippen molar-refractivity contribution in [1.82, 2.24) is 20.2 Å². The maximum absolute atomic E-state index is 14.7. The van der Waals surface area contributed by atoms with Crippen molar-refractivity contribution in [3.05, 3.63) is 76.2 Å². The SMILES string of the molecule is COC(=O)Nc1ccc2c(c1)NC(=O)CCC=CC[C@H](N1CC[C@@H](c3c(F)ccc(Cl)c3F)NC1=O)c1nc(C#N)c-2[nH]1. The summed E-state index contributed by atoms with van der Waals surface area (Å²) in [5.41, 5.74) is 1.10. The Balaban J connectivity index is 1.51. The topological polar surface area (TPSA) is 152 Å². The lowest BCUT2D eigenvalue weighted by Gasteiger charge is -2.37. The zero-order chi connectivity index (χ0) is 30.7. The van der Waals surface area contributed by atoms with Crippen LogP contribution in [0.5, 0.6) is 0 Å². The summed E-state index contributed by atoms with van der Waals surface area (Å²) in [5, 5.41) is 17.8. The van der Waals surface area contributed by atoms with E-state index in [0.29, 0.717) is 34.9 Å². The number of carbonyl (C=O) groups is 3. The number of methoxy groups -OCH3 is 1. The number of carbonyl (C=O) groups excluding carboxylic acids is 3. The Morgan fingerprint density at radius 2 is 2.05 bits per heavy atom. The molecular formula is C29H26ClF2N7O4. The standard InChI is InChI=1S/C29H26ClF2N7O4/c1-43-29(42)34-15-7-8-16-20(13-15)35-23(40)6-4-2-3-5-22(27-36-21(14-33)26(16)38-27)39-12-11-19(37-28(39)41)24-18(31)10-9-17(30)25(24)32/h2-3,7-10,13,19,22H,4-6,11-12H2,1H3,(H,34,42)(H,35,40)(H,36,38)(H,37,41)/t19-,22-/m0/s1. The van der Waals surface area contributed by atoms with Gasteiger partial charge in [0.25, 0.3) is 0 Å². The van der Waals surface area contributed by atoms with E-state index in [1.54, 1.807) is 18.2 Å². The summed E-state index contributed by atoms with van der Waals surface area (Å²) in [4.78, 5) is 47.0. The van der Waals surface area contributed by atoms with Gasteiger partial charge < -0.3 is 25.3 Å². The third kappa shape index (κ3) is 6.14. The largest absolute Gasteiger partial charge is 0.453 e. The first-order chi connectivity index (χ1) is 20.7. The van der Waals surface area contributed by atoms with E-state index in [-0.39, 0.29) is 48.0 Å². The van der Waals surface area contributed by atoms with E-state index in [4.69, 9.17) is 11.6 Å². The summed E-state index contributed by atoms with van der Waals surface area (Å²) in [7, 11) is 1.22. The molecule has 2 bridgehead atoms. The van der Waals surface area contributed by atoms with Gasteiger partial charge in [0.1, 0.15) is 23.5 Å². The molecule has 4 amide bonds. The highest BCUT2D eigenvalue weighted by Crippen LogP contribution is 2.37. The van der Waals surface area contributed by atoms with Crippen LogP contribution in [0.2, 0.25) is 5.02 Å². The van der Waals surface area contributed by atoms with Crippen LogP contribution in [0.15, 0.2) is 42.5 Å². The Morgan fingerprint density at radius 3 is 2.79 bits per heavy atom. The molecule has 0 aliphatic carbocycles. The number of ether oxygens (including phenoxy) is 1. The van der Waals surface area contributed by atoms with Gasteiger partial charge in [0.05, 0.1) is 35.6 Å². The van der Waals surface area contributed by atoms with Gasteiger partial charge >= 0.3 is 12.1 Å². The predicted octanol–water partition coefficient (Wildman–Crippen LogP) is 5.93. The molecule has 4 N–H and O–H groups in total. The molecule has 2 aliphatic heterocycles. The number of nitriles is 1. The number of benzene rings is 2. The lowest BCUT2D eigenvalue weighted by Crippen LogP contribution is -2.49. The van der Waals surface area contributed by atoms with Crippen LogP contribution < -0.4 is 16.0 Å². The number of aromatic amines is 1. The van der Waals surface area contributed by atoms with E-state index in [2.05, 4.69) is 36.7 Å². The summed E-state index contributed by atoms with van der Waals surface area (Å²) in [6, 6.07) is 6.75. The van der Waals surface area contributed by atoms with Gasteiger partial charge in [0, 0.05) is 29.8 Å². The normalized spacial score (nSPS) is 18.6. The first kappa shape index (κ1) is 29.5. The molecule has 3 heterocycles. The van der Waals surface area contributed by atoms with Gasteiger partial charge in [-0.05, 0) is 49.6 Å². The summed E-state index contributed by atoms with van der Waals surface area (Å²) in [6.07, 6.45) is 3.93.